The standard InChI is InChI=1S/C13H15N3S/c1-14-10-4-5-11-12(7-10)17-13(16-11)9-3-2-6-15-8-9/h2-3,6,8,10,14H,4-5,7H2,1H3. The second-order valence-electron chi connectivity index (χ2n) is 4.36. The van der Waals surface area contributed by atoms with Crippen LogP contribution in [0.3, 0.4) is 0 Å². The first-order valence-corrected chi connectivity index (χ1v) is 6.74. The molecule has 0 saturated heterocycles. The van der Waals surface area contributed by atoms with Gasteiger partial charge in [-0.25, -0.2) is 4.98 Å². The number of hydrogen-bond acceptors (Lipinski definition) is 4. The van der Waals surface area contributed by atoms with Gasteiger partial charge in [0.05, 0.1) is 5.69 Å². The van der Waals surface area contributed by atoms with Crippen molar-refractivity contribution >= 4 is 11.3 Å². The third kappa shape index (κ3) is 2.10. The Morgan fingerprint density at radius 3 is 3.18 bits per heavy atom. The van der Waals surface area contributed by atoms with Crippen molar-refractivity contribution in [2.24, 2.45) is 0 Å². The van der Waals surface area contributed by atoms with Crippen LogP contribution in [0.15, 0.2) is 24.5 Å². The van der Waals surface area contributed by atoms with Crippen LogP contribution in [0.4, 0.5) is 0 Å². The van der Waals surface area contributed by atoms with E-state index in [0.29, 0.717) is 6.04 Å². The van der Waals surface area contributed by atoms with E-state index in [9.17, 15) is 0 Å². The number of hydrogen-bond donors (Lipinski definition) is 1. The molecule has 1 aliphatic carbocycles. The minimum atomic E-state index is 0.615. The van der Waals surface area contributed by atoms with Crippen molar-refractivity contribution in [3.63, 3.8) is 0 Å². The van der Waals surface area contributed by atoms with Crippen LogP contribution in [-0.4, -0.2) is 23.1 Å². The molecule has 0 aromatic carbocycles. The molecule has 2 aromatic heterocycles. The van der Waals surface area contributed by atoms with Gasteiger partial charge in [-0.05, 0) is 38.4 Å². The summed E-state index contributed by atoms with van der Waals surface area (Å²) in [6.07, 6.45) is 7.09. The fraction of sp³-hybridized carbons (Fsp3) is 0.385. The second-order valence-corrected chi connectivity index (χ2v) is 5.44. The number of aromatic nitrogens is 2. The minimum Gasteiger partial charge on any atom is -0.317 e. The highest BCUT2D eigenvalue weighted by Gasteiger charge is 2.21. The third-order valence-electron chi connectivity index (χ3n) is 3.26. The van der Waals surface area contributed by atoms with Gasteiger partial charge in [-0.3, -0.25) is 4.98 Å². The first kappa shape index (κ1) is 10.9. The van der Waals surface area contributed by atoms with Crippen LogP contribution in [0.5, 0.6) is 0 Å². The van der Waals surface area contributed by atoms with Gasteiger partial charge in [0.2, 0.25) is 0 Å². The molecule has 0 amide bonds. The second kappa shape index (κ2) is 4.55. The number of aryl methyl sites for hydroxylation is 1. The minimum absolute atomic E-state index is 0.615. The van der Waals surface area contributed by atoms with Gasteiger partial charge in [0, 0.05) is 28.9 Å². The van der Waals surface area contributed by atoms with E-state index in [1.807, 2.05) is 30.6 Å². The monoisotopic (exact) mass is 245 g/mol. The van der Waals surface area contributed by atoms with Crippen LogP contribution >= 0.6 is 11.3 Å². The van der Waals surface area contributed by atoms with Crippen molar-refractivity contribution in [1.29, 1.82) is 0 Å². The Bertz CT molecular complexity index is 507. The molecule has 0 saturated carbocycles. The number of nitrogens with zero attached hydrogens (tertiary/aromatic N) is 2. The predicted octanol–water partition coefficient (Wildman–Crippen LogP) is 2.28. The van der Waals surface area contributed by atoms with E-state index in [0.717, 1.165) is 23.4 Å². The van der Waals surface area contributed by atoms with Crippen molar-refractivity contribution in [1.82, 2.24) is 15.3 Å². The highest BCUT2D eigenvalue weighted by Crippen LogP contribution is 2.32. The Morgan fingerprint density at radius 2 is 2.41 bits per heavy atom. The van der Waals surface area contributed by atoms with E-state index >= 15 is 0 Å². The fourth-order valence-corrected chi connectivity index (χ4v) is 3.41. The van der Waals surface area contributed by atoms with Crippen molar-refractivity contribution in [3.05, 3.63) is 35.1 Å². The quantitative estimate of drug-likeness (QED) is 0.882. The van der Waals surface area contributed by atoms with Crippen molar-refractivity contribution in [2.75, 3.05) is 7.05 Å². The Kier molecular flexibility index (Phi) is 2.91. The van der Waals surface area contributed by atoms with Crippen LogP contribution in [0.1, 0.15) is 17.0 Å². The van der Waals surface area contributed by atoms with Crippen LogP contribution < -0.4 is 5.32 Å². The van der Waals surface area contributed by atoms with E-state index in [1.54, 1.807) is 6.20 Å². The first-order valence-electron chi connectivity index (χ1n) is 5.93. The molecule has 3 rings (SSSR count). The van der Waals surface area contributed by atoms with Gasteiger partial charge in [0.25, 0.3) is 0 Å². The van der Waals surface area contributed by atoms with Gasteiger partial charge in [0.15, 0.2) is 0 Å². The summed E-state index contributed by atoms with van der Waals surface area (Å²) in [4.78, 5) is 10.3. The maximum atomic E-state index is 4.74. The number of likely N-dealkylation sites (N-methyl/N-ethyl adjacent to an activating group) is 1. The Labute approximate surface area is 105 Å². The lowest BCUT2D eigenvalue weighted by Gasteiger charge is -2.19. The predicted molar refractivity (Wildman–Crippen MR) is 70.2 cm³/mol. The molecule has 1 N–H and O–H groups in total. The molecule has 2 heterocycles. The Balaban J connectivity index is 1.93. The van der Waals surface area contributed by atoms with Gasteiger partial charge in [-0.1, -0.05) is 0 Å². The lowest BCUT2D eigenvalue weighted by Crippen LogP contribution is -2.30. The number of fused-ring (bicyclic) bond motifs is 1. The first-order chi connectivity index (χ1) is 8.36. The Morgan fingerprint density at radius 1 is 1.47 bits per heavy atom. The third-order valence-corrected chi connectivity index (χ3v) is 4.43. The highest BCUT2D eigenvalue weighted by atomic mass is 32.1. The smallest absolute Gasteiger partial charge is 0.125 e. The molecular weight excluding hydrogens is 230 g/mol. The van der Waals surface area contributed by atoms with Crippen molar-refractivity contribution in [2.45, 2.75) is 25.3 Å². The van der Waals surface area contributed by atoms with Gasteiger partial charge in [0.1, 0.15) is 5.01 Å². The van der Waals surface area contributed by atoms with Crippen LogP contribution in [0.2, 0.25) is 0 Å². The maximum Gasteiger partial charge on any atom is 0.125 e. The van der Waals surface area contributed by atoms with E-state index < -0.39 is 0 Å². The molecule has 2 aromatic rings. The van der Waals surface area contributed by atoms with Gasteiger partial charge in [-0.2, -0.15) is 0 Å². The summed E-state index contributed by atoms with van der Waals surface area (Å²) in [6, 6.07) is 4.66. The van der Waals surface area contributed by atoms with E-state index in [1.165, 1.54) is 17.0 Å². The number of thiazole rings is 1. The number of nitrogens with one attached hydrogen (secondary N) is 1. The number of pyridine rings is 1. The highest BCUT2D eigenvalue weighted by molar-refractivity contribution is 7.15. The molecule has 0 fully saturated rings. The van der Waals surface area contributed by atoms with E-state index in [-0.39, 0.29) is 0 Å². The molecule has 0 bridgehead atoms. The molecule has 0 radical (unpaired) electrons. The van der Waals surface area contributed by atoms with E-state index in [4.69, 9.17) is 4.98 Å². The van der Waals surface area contributed by atoms with Crippen LogP contribution in [0, 0.1) is 0 Å². The maximum absolute atomic E-state index is 4.74. The average Bonchev–Trinajstić information content (AvgIpc) is 2.82. The van der Waals surface area contributed by atoms with Gasteiger partial charge in [-0.15, -0.1) is 11.3 Å². The summed E-state index contributed by atoms with van der Waals surface area (Å²) in [7, 11) is 2.04. The van der Waals surface area contributed by atoms with Gasteiger partial charge >= 0.3 is 0 Å². The summed E-state index contributed by atoms with van der Waals surface area (Å²) in [5, 5.41) is 4.47. The van der Waals surface area contributed by atoms with E-state index in [2.05, 4.69) is 16.4 Å². The SMILES string of the molecule is CNC1CCc2nc(-c3cccnc3)sc2C1. The lowest BCUT2D eigenvalue weighted by molar-refractivity contribution is 0.497. The largest absolute Gasteiger partial charge is 0.317 e. The molecular formula is C13H15N3S. The zero-order valence-corrected chi connectivity index (χ0v) is 10.6. The number of rotatable bonds is 2. The zero-order valence-electron chi connectivity index (χ0n) is 9.81. The summed E-state index contributed by atoms with van der Waals surface area (Å²) in [5.41, 5.74) is 2.42. The summed E-state index contributed by atoms with van der Waals surface area (Å²) >= 11 is 1.82. The molecule has 1 aliphatic rings. The summed E-state index contributed by atoms with van der Waals surface area (Å²) in [5.74, 6) is 0. The lowest BCUT2D eigenvalue weighted by atomic mass is 9.98. The van der Waals surface area contributed by atoms with Crippen LogP contribution in [0.25, 0.3) is 10.6 Å². The Hall–Kier alpha value is -1.26. The summed E-state index contributed by atoms with van der Waals surface area (Å²) < 4.78 is 0. The molecule has 0 aliphatic heterocycles. The van der Waals surface area contributed by atoms with Crippen molar-refractivity contribution in [3.8, 4) is 10.6 Å². The molecule has 17 heavy (non-hydrogen) atoms. The molecule has 0 spiro atoms. The molecule has 1 atom stereocenters. The van der Waals surface area contributed by atoms with Crippen molar-refractivity contribution < 1.29 is 0 Å². The molecule has 3 nitrogen and oxygen atoms in total. The molecule has 4 heteroatoms. The van der Waals surface area contributed by atoms with Gasteiger partial charge < -0.3 is 5.32 Å². The zero-order chi connectivity index (χ0) is 11.7. The molecule has 88 valence electrons. The normalized spacial score (nSPS) is 19.0. The molecule has 1 unspecified atom stereocenters. The topological polar surface area (TPSA) is 37.8 Å². The van der Waals surface area contributed by atoms with Crippen LogP contribution in [-0.2, 0) is 12.8 Å². The fourth-order valence-electron chi connectivity index (χ4n) is 2.23. The average molecular weight is 245 g/mol. The summed E-state index contributed by atoms with van der Waals surface area (Å²) in [6.45, 7) is 0.